The van der Waals surface area contributed by atoms with Gasteiger partial charge in [-0.1, -0.05) is 19.1 Å². The minimum absolute atomic E-state index is 0.0859. The maximum absolute atomic E-state index is 11.6. The molecule has 5 nitrogen and oxygen atoms in total. The van der Waals surface area contributed by atoms with Gasteiger partial charge in [0, 0.05) is 6.04 Å². The number of methoxy groups -OCH3 is 1. The second-order valence-corrected chi connectivity index (χ2v) is 4.56. The molecule has 20 heavy (non-hydrogen) atoms. The predicted octanol–water partition coefficient (Wildman–Crippen LogP) is 1.70. The van der Waals surface area contributed by atoms with E-state index in [2.05, 4.69) is 5.32 Å². The molecule has 0 aliphatic rings. The summed E-state index contributed by atoms with van der Waals surface area (Å²) in [7, 11) is 1.58. The molecule has 0 spiro atoms. The van der Waals surface area contributed by atoms with E-state index >= 15 is 0 Å². The van der Waals surface area contributed by atoms with E-state index in [9.17, 15) is 9.59 Å². The summed E-state index contributed by atoms with van der Waals surface area (Å²) >= 11 is 0. The highest BCUT2D eigenvalue weighted by Crippen LogP contribution is 2.11. The molecule has 1 aromatic rings. The van der Waals surface area contributed by atoms with Crippen LogP contribution in [0.1, 0.15) is 25.8 Å². The summed E-state index contributed by atoms with van der Waals surface area (Å²) in [6.45, 7) is 3.64. The number of rotatable bonds is 7. The Labute approximate surface area is 119 Å². The third-order valence-corrected chi connectivity index (χ3v) is 2.89. The minimum Gasteiger partial charge on any atom is -0.497 e. The zero-order valence-electron chi connectivity index (χ0n) is 12.1. The molecule has 1 atom stereocenters. The van der Waals surface area contributed by atoms with Crippen molar-refractivity contribution >= 4 is 11.9 Å². The molecule has 1 aromatic carbocycles. The summed E-state index contributed by atoms with van der Waals surface area (Å²) in [6.07, 6.45) is 0.978. The highest BCUT2D eigenvalue weighted by atomic mass is 16.5. The molecule has 1 N–H and O–H groups in total. The van der Waals surface area contributed by atoms with Crippen molar-refractivity contribution in [2.24, 2.45) is 0 Å². The Morgan fingerprint density at radius 3 is 2.45 bits per heavy atom. The molecule has 0 aromatic heterocycles. The topological polar surface area (TPSA) is 64.6 Å². The van der Waals surface area contributed by atoms with Gasteiger partial charge in [0.2, 0.25) is 0 Å². The largest absolute Gasteiger partial charge is 0.497 e. The van der Waals surface area contributed by atoms with Crippen molar-refractivity contribution < 1.29 is 19.1 Å². The quantitative estimate of drug-likeness (QED) is 0.771. The maximum atomic E-state index is 11.6. The van der Waals surface area contributed by atoms with Crippen molar-refractivity contribution in [3.63, 3.8) is 0 Å². The average molecular weight is 279 g/mol. The van der Waals surface area contributed by atoms with Crippen molar-refractivity contribution in [3.05, 3.63) is 29.8 Å². The fraction of sp³-hybridized carbons (Fsp3) is 0.467. The molecule has 5 heteroatoms. The van der Waals surface area contributed by atoms with Crippen LogP contribution in [0.3, 0.4) is 0 Å². The summed E-state index contributed by atoms with van der Waals surface area (Å²) in [6, 6.07) is 7.22. The van der Waals surface area contributed by atoms with Gasteiger partial charge in [0.25, 0.3) is 5.91 Å². The van der Waals surface area contributed by atoms with Gasteiger partial charge < -0.3 is 14.8 Å². The summed E-state index contributed by atoms with van der Waals surface area (Å²) in [5.74, 6) is 0.0342. The molecule has 0 aliphatic heterocycles. The van der Waals surface area contributed by atoms with E-state index in [1.54, 1.807) is 31.4 Å². The number of carbonyl (C=O) groups excluding carboxylic acids is 2. The molecular weight excluding hydrogens is 258 g/mol. The van der Waals surface area contributed by atoms with Crippen molar-refractivity contribution in [2.75, 3.05) is 13.7 Å². The van der Waals surface area contributed by atoms with Crippen molar-refractivity contribution in [3.8, 4) is 5.75 Å². The third-order valence-electron chi connectivity index (χ3n) is 2.89. The van der Waals surface area contributed by atoms with Crippen LogP contribution >= 0.6 is 0 Å². The number of ether oxygens (including phenoxy) is 2. The van der Waals surface area contributed by atoms with Crippen LogP contribution in [-0.2, 0) is 20.7 Å². The lowest BCUT2D eigenvalue weighted by molar-refractivity contribution is -0.148. The van der Waals surface area contributed by atoms with Crippen LogP contribution in [-0.4, -0.2) is 31.6 Å². The lowest BCUT2D eigenvalue weighted by atomic mass is 10.1. The molecule has 0 bridgehead atoms. The van der Waals surface area contributed by atoms with Crippen LogP contribution in [0.5, 0.6) is 5.75 Å². The summed E-state index contributed by atoms with van der Waals surface area (Å²) in [5.41, 5.74) is 0.818. The fourth-order valence-corrected chi connectivity index (χ4v) is 1.53. The van der Waals surface area contributed by atoms with Gasteiger partial charge in [0.05, 0.1) is 13.5 Å². The second-order valence-electron chi connectivity index (χ2n) is 4.56. The van der Waals surface area contributed by atoms with E-state index in [4.69, 9.17) is 9.47 Å². The van der Waals surface area contributed by atoms with Gasteiger partial charge in [0.1, 0.15) is 5.75 Å². The number of amides is 1. The first-order chi connectivity index (χ1) is 9.55. The van der Waals surface area contributed by atoms with E-state index in [-0.39, 0.29) is 25.0 Å². The Kier molecular flexibility index (Phi) is 6.56. The monoisotopic (exact) mass is 279 g/mol. The van der Waals surface area contributed by atoms with Gasteiger partial charge >= 0.3 is 5.97 Å². The Hall–Kier alpha value is -2.04. The van der Waals surface area contributed by atoms with Crippen LogP contribution in [0, 0.1) is 0 Å². The molecule has 0 heterocycles. The molecule has 1 rings (SSSR count). The molecule has 0 saturated carbocycles. The standard InChI is InChI=1S/C15H21NO4/c1-4-11(2)16-14(17)10-20-15(18)9-12-5-7-13(19-3)8-6-12/h5-8,11H,4,9-10H2,1-3H3,(H,16,17)/t11-/m1/s1. The number of nitrogens with one attached hydrogen (secondary N) is 1. The SMILES string of the molecule is CC[C@@H](C)NC(=O)COC(=O)Cc1ccc(OC)cc1. The van der Waals surface area contributed by atoms with Gasteiger partial charge in [-0.2, -0.15) is 0 Å². The minimum atomic E-state index is -0.422. The molecule has 1 amide bonds. The van der Waals surface area contributed by atoms with Gasteiger partial charge in [-0.25, -0.2) is 0 Å². The third kappa shape index (κ3) is 5.73. The van der Waals surface area contributed by atoms with E-state index in [1.807, 2.05) is 13.8 Å². The fourth-order valence-electron chi connectivity index (χ4n) is 1.53. The molecule has 0 radical (unpaired) electrons. The predicted molar refractivity (Wildman–Crippen MR) is 75.6 cm³/mol. The average Bonchev–Trinajstić information content (AvgIpc) is 2.45. The summed E-state index contributed by atoms with van der Waals surface area (Å²) in [5, 5.41) is 2.73. The zero-order valence-corrected chi connectivity index (χ0v) is 12.1. The Balaban J connectivity index is 2.34. The maximum Gasteiger partial charge on any atom is 0.310 e. The smallest absolute Gasteiger partial charge is 0.310 e. The molecule has 0 aliphatic carbocycles. The first-order valence-electron chi connectivity index (χ1n) is 6.63. The van der Waals surface area contributed by atoms with Crippen LogP contribution < -0.4 is 10.1 Å². The van der Waals surface area contributed by atoms with Crippen molar-refractivity contribution in [2.45, 2.75) is 32.7 Å². The van der Waals surface area contributed by atoms with Crippen LogP contribution in [0.25, 0.3) is 0 Å². The number of hydrogen-bond acceptors (Lipinski definition) is 4. The van der Waals surface area contributed by atoms with E-state index in [0.29, 0.717) is 0 Å². The Bertz CT molecular complexity index is 442. The Morgan fingerprint density at radius 2 is 1.90 bits per heavy atom. The summed E-state index contributed by atoms with van der Waals surface area (Å²) in [4.78, 5) is 23.0. The molecule has 110 valence electrons. The van der Waals surface area contributed by atoms with Crippen LogP contribution in [0.15, 0.2) is 24.3 Å². The van der Waals surface area contributed by atoms with Gasteiger partial charge in [-0.3, -0.25) is 9.59 Å². The number of carbonyl (C=O) groups is 2. The van der Waals surface area contributed by atoms with Gasteiger partial charge in [0.15, 0.2) is 6.61 Å². The molecule has 0 unspecified atom stereocenters. The lowest BCUT2D eigenvalue weighted by Gasteiger charge is -2.11. The van der Waals surface area contributed by atoms with Crippen molar-refractivity contribution in [1.82, 2.24) is 5.32 Å². The highest BCUT2D eigenvalue weighted by Gasteiger charge is 2.10. The number of hydrogen-bond donors (Lipinski definition) is 1. The Morgan fingerprint density at radius 1 is 1.25 bits per heavy atom. The van der Waals surface area contributed by atoms with Gasteiger partial charge in [-0.05, 0) is 31.0 Å². The second kappa shape index (κ2) is 8.19. The van der Waals surface area contributed by atoms with E-state index in [0.717, 1.165) is 17.7 Å². The molecule has 0 saturated heterocycles. The van der Waals surface area contributed by atoms with Crippen LogP contribution in [0.2, 0.25) is 0 Å². The van der Waals surface area contributed by atoms with Crippen LogP contribution in [0.4, 0.5) is 0 Å². The zero-order chi connectivity index (χ0) is 15.0. The molecule has 0 fully saturated rings. The highest BCUT2D eigenvalue weighted by molar-refractivity contribution is 5.81. The number of esters is 1. The first kappa shape index (κ1) is 16.0. The normalized spacial score (nSPS) is 11.6. The van der Waals surface area contributed by atoms with Gasteiger partial charge in [-0.15, -0.1) is 0 Å². The molecular formula is C15H21NO4. The van der Waals surface area contributed by atoms with E-state index in [1.165, 1.54) is 0 Å². The first-order valence-corrected chi connectivity index (χ1v) is 6.63. The van der Waals surface area contributed by atoms with Crippen molar-refractivity contribution in [1.29, 1.82) is 0 Å². The van der Waals surface area contributed by atoms with E-state index < -0.39 is 5.97 Å². The number of benzene rings is 1. The summed E-state index contributed by atoms with van der Waals surface area (Å²) < 4.78 is 9.96. The lowest BCUT2D eigenvalue weighted by Crippen LogP contribution is -2.35.